The predicted octanol–water partition coefficient (Wildman–Crippen LogP) is 2.45. The largest absolute Gasteiger partial charge is 0.376 e. The lowest BCUT2D eigenvalue weighted by Gasteiger charge is -2.18. The summed E-state index contributed by atoms with van der Waals surface area (Å²) in [5, 5.41) is 3.36. The zero-order chi connectivity index (χ0) is 14.8. The van der Waals surface area contributed by atoms with Crippen molar-refractivity contribution in [2.24, 2.45) is 5.84 Å². The number of aromatic nitrogens is 2. The molecule has 0 unspecified atom stereocenters. The molecule has 0 bridgehead atoms. The van der Waals surface area contributed by atoms with Gasteiger partial charge >= 0.3 is 0 Å². The fourth-order valence-corrected chi connectivity index (χ4v) is 2.24. The Hall–Kier alpha value is -2.34. The highest BCUT2D eigenvalue weighted by molar-refractivity contribution is 5.74. The molecule has 110 valence electrons. The number of nitrogens with zero attached hydrogens (tertiary/aromatic N) is 3. The van der Waals surface area contributed by atoms with Crippen LogP contribution in [0.25, 0.3) is 0 Å². The topological polar surface area (TPSA) is 79.1 Å². The smallest absolute Gasteiger partial charge is 0.145 e. The summed E-state index contributed by atoms with van der Waals surface area (Å²) in [6.45, 7) is 0. The van der Waals surface area contributed by atoms with Crippen molar-refractivity contribution in [3.05, 3.63) is 36.2 Å². The van der Waals surface area contributed by atoms with Gasteiger partial charge in [0.15, 0.2) is 0 Å². The summed E-state index contributed by atoms with van der Waals surface area (Å²) >= 11 is 0. The molecule has 1 fully saturated rings. The van der Waals surface area contributed by atoms with Gasteiger partial charge in [-0.15, -0.1) is 0 Å². The van der Waals surface area contributed by atoms with Crippen LogP contribution in [-0.2, 0) is 0 Å². The standard InChI is InChI=1S/C15H20N6/c1-21(2)12-6-4-3-5-11(12)17-13-9-14(20-16)19-15(18-13)10-7-8-10/h3-6,9-10H,7-8,16H2,1-2H3,(H2,17,18,19,20). The van der Waals surface area contributed by atoms with E-state index in [0.29, 0.717) is 11.7 Å². The fraction of sp³-hybridized carbons (Fsp3) is 0.333. The van der Waals surface area contributed by atoms with E-state index in [2.05, 4.69) is 31.7 Å². The van der Waals surface area contributed by atoms with Crippen LogP contribution in [0, 0.1) is 0 Å². The van der Waals surface area contributed by atoms with Crippen LogP contribution in [0.1, 0.15) is 24.6 Å². The second-order valence-electron chi connectivity index (χ2n) is 5.45. The minimum Gasteiger partial charge on any atom is -0.376 e. The molecule has 6 nitrogen and oxygen atoms in total. The maximum atomic E-state index is 5.50. The minimum absolute atomic E-state index is 0.475. The molecule has 4 N–H and O–H groups in total. The van der Waals surface area contributed by atoms with Gasteiger partial charge in [0.2, 0.25) is 0 Å². The molecule has 0 aliphatic heterocycles. The first-order valence-electron chi connectivity index (χ1n) is 7.06. The number of nitrogens with one attached hydrogen (secondary N) is 2. The average Bonchev–Trinajstić information content (AvgIpc) is 3.32. The number of rotatable bonds is 5. The Balaban J connectivity index is 1.92. The first kappa shape index (κ1) is 13.6. The highest BCUT2D eigenvalue weighted by Gasteiger charge is 2.27. The lowest BCUT2D eigenvalue weighted by Crippen LogP contribution is -2.13. The summed E-state index contributed by atoms with van der Waals surface area (Å²) in [4.78, 5) is 11.1. The first-order valence-corrected chi connectivity index (χ1v) is 7.06. The van der Waals surface area contributed by atoms with Gasteiger partial charge in [-0.3, -0.25) is 0 Å². The number of hydrogen-bond donors (Lipinski definition) is 3. The summed E-state index contributed by atoms with van der Waals surface area (Å²) in [5.74, 6) is 8.23. The predicted molar refractivity (Wildman–Crippen MR) is 85.9 cm³/mol. The number of hydrazine groups is 1. The Morgan fingerprint density at radius 1 is 1.14 bits per heavy atom. The van der Waals surface area contributed by atoms with E-state index in [4.69, 9.17) is 5.84 Å². The summed E-state index contributed by atoms with van der Waals surface area (Å²) in [6, 6.07) is 9.93. The number of anilines is 4. The van der Waals surface area contributed by atoms with Gasteiger partial charge in [0.05, 0.1) is 11.4 Å². The molecule has 0 amide bonds. The number of benzene rings is 1. The average molecular weight is 284 g/mol. The van der Waals surface area contributed by atoms with E-state index in [1.165, 1.54) is 0 Å². The van der Waals surface area contributed by atoms with Gasteiger partial charge in [-0.25, -0.2) is 15.8 Å². The van der Waals surface area contributed by atoms with Gasteiger partial charge in [0, 0.05) is 26.1 Å². The lowest BCUT2D eigenvalue weighted by molar-refractivity contribution is 0.929. The third-order valence-corrected chi connectivity index (χ3v) is 3.48. The maximum Gasteiger partial charge on any atom is 0.145 e. The lowest BCUT2D eigenvalue weighted by atomic mass is 10.2. The zero-order valence-corrected chi connectivity index (χ0v) is 12.3. The molecule has 1 aromatic carbocycles. The van der Waals surface area contributed by atoms with E-state index in [9.17, 15) is 0 Å². The molecule has 1 aliphatic carbocycles. The molecule has 21 heavy (non-hydrogen) atoms. The molecule has 1 heterocycles. The Morgan fingerprint density at radius 3 is 2.52 bits per heavy atom. The molecular weight excluding hydrogens is 264 g/mol. The summed E-state index contributed by atoms with van der Waals surface area (Å²) in [5.41, 5.74) is 4.72. The van der Waals surface area contributed by atoms with Crippen molar-refractivity contribution in [2.75, 3.05) is 29.7 Å². The van der Waals surface area contributed by atoms with Gasteiger partial charge in [0.25, 0.3) is 0 Å². The van der Waals surface area contributed by atoms with Gasteiger partial charge in [0.1, 0.15) is 17.5 Å². The molecule has 0 spiro atoms. The second kappa shape index (κ2) is 5.57. The Bertz CT molecular complexity index is 636. The van der Waals surface area contributed by atoms with Crippen LogP contribution in [0.5, 0.6) is 0 Å². The molecule has 1 aliphatic rings. The van der Waals surface area contributed by atoms with Crippen molar-refractivity contribution >= 4 is 23.0 Å². The van der Waals surface area contributed by atoms with Crippen molar-refractivity contribution in [2.45, 2.75) is 18.8 Å². The van der Waals surface area contributed by atoms with E-state index in [1.54, 1.807) is 0 Å². The van der Waals surface area contributed by atoms with E-state index >= 15 is 0 Å². The molecule has 1 saturated carbocycles. The van der Waals surface area contributed by atoms with Crippen LogP contribution < -0.4 is 21.5 Å². The molecule has 2 aromatic rings. The van der Waals surface area contributed by atoms with E-state index in [1.807, 2.05) is 38.4 Å². The number of nitrogen functional groups attached to an aromatic ring is 1. The molecule has 0 radical (unpaired) electrons. The summed E-state index contributed by atoms with van der Waals surface area (Å²) < 4.78 is 0. The number of nitrogens with two attached hydrogens (primary N) is 1. The van der Waals surface area contributed by atoms with Gasteiger partial charge in [-0.1, -0.05) is 12.1 Å². The van der Waals surface area contributed by atoms with E-state index < -0.39 is 0 Å². The summed E-state index contributed by atoms with van der Waals surface area (Å²) in [6.07, 6.45) is 2.31. The van der Waals surface area contributed by atoms with E-state index in [0.717, 1.165) is 35.9 Å². The molecule has 0 atom stereocenters. The quantitative estimate of drug-likeness (QED) is 0.578. The third kappa shape index (κ3) is 3.05. The maximum absolute atomic E-state index is 5.50. The number of para-hydroxylation sites is 2. The Labute approximate surface area is 124 Å². The first-order chi connectivity index (χ1) is 10.2. The van der Waals surface area contributed by atoms with Crippen LogP contribution >= 0.6 is 0 Å². The van der Waals surface area contributed by atoms with Crippen LogP contribution in [0.3, 0.4) is 0 Å². The monoisotopic (exact) mass is 284 g/mol. The fourth-order valence-electron chi connectivity index (χ4n) is 2.24. The summed E-state index contributed by atoms with van der Waals surface area (Å²) in [7, 11) is 4.03. The van der Waals surface area contributed by atoms with Crippen molar-refractivity contribution in [1.29, 1.82) is 0 Å². The molecule has 1 aromatic heterocycles. The molecular formula is C15H20N6. The molecule has 0 saturated heterocycles. The Morgan fingerprint density at radius 2 is 1.86 bits per heavy atom. The number of hydrogen-bond acceptors (Lipinski definition) is 6. The zero-order valence-electron chi connectivity index (χ0n) is 12.3. The van der Waals surface area contributed by atoms with Crippen LogP contribution in [0.2, 0.25) is 0 Å². The highest BCUT2D eigenvalue weighted by atomic mass is 15.3. The Kier molecular flexibility index (Phi) is 3.62. The van der Waals surface area contributed by atoms with Crippen molar-refractivity contribution in [3.8, 4) is 0 Å². The van der Waals surface area contributed by atoms with Crippen LogP contribution in [0.4, 0.5) is 23.0 Å². The van der Waals surface area contributed by atoms with Crippen molar-refractivity contribution < 1.29 is 0 Å². The van der Waals surface area contributed by atoms with E-state index in [-0.39, 0.29) is 0 Å². The van der Waals surface area contributed by atoms with Crippen molar-refractivity contribution in [1.82, 2.24) is 9.97 Å². The minimum atomic E-state index is 0.475. The normalized spacial score (nSPS) is 13.9. The van der Waals surface area contributed by atoms with Gasteiger partial charge in [-0.2, -0.15) is 0 Å². The van der Waals surface area contributed by atoms with Crippen LogP contribution in [0.15, 0.2) is 30.3 Å². The third-order valence-electron chi connectivity index (χ3n) is 3.48. The van der Waals surface area contributed by atoms with Gasteiger partial charge < -0.3 is 15.6 Å². The van der Waals surface area contributed by atoms with Gasteiger partial charge in [-0.05, 0) is 25.0 Å². The second-order valence-corrected chi connectivity index (χ2v) is 5.45. The SMILES string of the molecule is CN(C)c1ccccc1Nc1cc(NN)nc(C2CC2)n1. The highest BCUT2D eigenvalue weighted by Crippen LogP contribution is 2.39. The van der Waals surface area contributed by atoms with Crippen molar-refractivity contribution in [3.63, 3.8) is 0 Å². The van der Waals surface area contributed by atoms with Crippen LogP contribution in [-0.4, -0.2) is 24.1 Å². The molecule has 3 rings (SSSR count). The molecule has 6 heteroatoms.